The molecule has 2 aromatic carbocycles. The lowest BCUT2D eigenvalue weighted by Crippen LogP contribution is -2.23. The predicted octanol–water partition coefficient (Wildman–Crippen LogP) is 5.12. The summed E-state index contributed by atoms with van der Waals surface area (Å²) in [6.07, 6.45) is 1.32. The number of halogens is 2. The van der Waals surface area contributed by atoms with Gasteiger partial charge in [0, 0.05) is 27.0 Å². The molecule has 0 unspecified atom stereocenters. The first-order valence-corrected chi connectivity index (χ1v) is 10.3. The molecule has 10 heteroatoms. The summed E-state index contributed by atoms with van der Waals surface area (Å²) in [5.41, 5.74) is 0.220. The van der Waals surface area contributed by atoms with E-state index in [9.17, 15) is 14.9 Å². The summed E-state index contributed by atoms with van der Waals surface area (Å²) < 4.78 is 7.40. The van der Waals surface area contributed by atoms with Crippen molar-refractivity contribution in [1.29, 1.82) is 0 Å². The Morgan fingerprint density at radius 3 is 2.73 bits per heavy atom. The van der Waals surface area contributed by atoms with Crippen LogP contribution in [0.4, 0.5) is 5.69 Å². The summed E-state index contributed by atoms with van der Waals surface area (Å²) >= 11 is 9.41. The topological polar surface area (TPSA) is 99.6 Å². The normalized spacial score (nSPS) is 11.5. The van der Waals surface area contributed by atoms with Crippen molar-refractivity contribution < 1.29 is 9.66 Å². The third-order valence-corrected chi connectivity index (χ3v) is 4.92. The standard InChI is InChI=1S/C20H18BrClN4O4/c1-4-30-18-12(7-14(22)9-17(18)26(28)29)10-23-25-19(11(2)3)24-16-6-5-13(21)8-15(16)20(25)27/h5-11H,4H2,1-3H3. The van der Waals surface area contributed by atoms with Gasteiger partial charge in [-0.1, -0.05) is 41.4 Å². The Morgan fingerprint density at radius 2 is 2.10 bits per heavy atom. The van der Waals surface area contributed by atoms with Gasteiger partial charge in [0.15, 0.2) is 0 Å². The van der Waals surface area contributed by atoms with Crippen LogP contribution in [-0.4, -0.2) is 27.4 Å². The lowest BCUT2D eigenvalue weighted by atomic mass is 10.1. The summed E-state index contributed by atoms with van der Waals surface area (Å²) in [5.74, 6) is 0.398. The van der Waals surface area contributed by atoms with Gasteiger partial charge in [0.1, 0.15) is 5.82 Å². The molecule has 0 atom stereocenters. The van der Waals surface area contributed by atoms with Crippen molar-refractivity contribution in [3.8, 4) is 5.75 Å². The average Bonchev–Trinajstić information content (AvgIpc) is 2.68. The average molecular weight is 494 g/mol. The maximum Gasteiger partial charge on any atom is 0.313 e. The minimum atomic E-state index is -0.574. The third kappa shape index (κ3) is 4.36. The summed E-state index contributed by atoms with van der Waals surface area (Å²) in [6.45, 7) is 5.72. The Hall–Kier alpha value is -2.78. The van der Waals surface area contributed by atoms with Crippen LogP contribution >= 0.6 is 27.5 Å². The number of nitro benzene ring substituents is 1. The molecule has 0 fully saturated rings. The van der Waals surface area contributed by atoms with Gasteiger partial charge < -0.3 is 4.74 Å². The quantitative estimate of drug-likeness (QED) is 0.269. The highest BCUT2D eigenvalue weighted by molar-refractivity contribution is 9.10. The van der Waals surface area contributed by atoms with E-state index in [1.165, 1.54) is 23.0 Å². The molecule has 1 aromatic heterocycles. The van der Waals surface area contributed by atoms with Crippen molar-refractivity contribution in [3.05, 3.63) is 71.7 Å². The molecular weight excluding hydrogens is 476 g/mol. The Bertz CT molecular complexity index is 1220. The van der Waals surface area contributed by atoms with Gasteiger partial charge in [-0.25, -0.2) is 4.98 Å². The predicted molar refractivity (Wildman–Crippen MR) is 120 cm³/mol. The smallest absolute Gasteiger partial charge is 0.313 e. The number of nitrogens with zero attached hydrogens (tertiary/aromatic N) is 4. The van der Waals surface area contributed by atoms with Gasteiger partial charge in [-0.15, -0.1) is 0 Å². The number of aromatic nitrogens is 2. The minimum absolute atomic E-state index is 0.0336. The zero-order valence-corrected chi connectivity index (χ0v) is 18.8. The second kappa shape index (κ2) is 8.93. The SMILES string of the molecule is CCOc1c(C=Nn2c(C(C)C)nc3ccc(Br)cc3c2=O)cc(Cl)cc1[N+](=O)[O-]. The molecule has 3 aromatic rings. The van der Waals surface area contributed by atoms with Crippen LogP contribution in [-0.2, 0) is 0 Å². The van der Waals surface area contributed by atoms with Gasteiger partial charge in [0.2, 0.25) is 5.75 Å². The molecular formula is C20H18BrClN4O4. The minimum Gasteiger partial charge on any atom is -0.487 e. The zero-order valence-electron chi connectivity index (χ0n) is 16.4. The van der Waals surface area contributed by atoms with Crippen LogP contribution in [0.1, 0.15) is 38.1 Å². The van der Waals surface area contributed by atoms with Gasteiger partial charge in [0.25, 0.3) is 5.56 Å². The molecule has 30 heavy (non-hydrogen) atoms. The number of benzene rings is 2. The maximum absolute atomic E-state index is 13.1. The highest BCUT2D eigenvalue weighted by atomic mass is 79.9. The molecule has 0 N–H and O–H groups in total. The van der Waals surface area contributed by atoms with E-state index >= 15 is 0 Å². The number of rotatable bonds is 6. The molecule has 0 aliphatic heterocycles. The van der Waals surface area contributed by atoms with Crippen LogP contribution in [0.25, 0.3) is 10.9 Å². The van der Waals surface area contributed by atoms with Crippen molar-refractivity contribution in [2.45, 2.75) is 26.7 Å². The molecule has 0 spiro atoms. The van der Waals surface area contributed by atoms with Crippen molar-refractivity contribution in [2.24, 2.45) is 5.10 Å². The fourth-order valence-electron chi connectivity index (χ4n) is 2.90. The molecule has 1 heterocycles. The first-order chi connectivity index (χ1) is 14.2. The highest BCUT2D eigenvalue weighted by Crippen LogP contribution is 2.33. The van der Waals surface area contributed by atoms with E-state index in [4.69, 9.17) is 16.3 Å². The first-order valence-electron chi connectivity index (χ1n) is 9.10. The number of ether oxygens (including phenoxy) is 1. The molecule has 0 bridgehead atoms. The second-order valence-corrected chi connectivity index (χ2v) is 8.03. The van der Waals surface area contributed by atoms with E-state index < -0.39 is 4.92 Å². The Morgan fingerprint density at radius 1 is 1.37 bits per heavy atom. The molecule has 156 valence electrons. The van der Waals surface area contributed by atoms with Gasteiger partial charge in [-0.3, -0.25) is 14.9 Å². The molecule has 0 saturated heterocycles. The maximum atomic E-state index is 13.1. The van der Waals surface area contributed by atoms with Gasteiger partial charge in [-0.05, 0) is 31.2 Å². The summed E-state index contributed by atoms with van der Waals surface area (Å²) in [7, 11) is 0. The number of hydrogen-bond donors (Lipinski definition) is 0. The van der Waals surface area contributed by atoms with Crippen molar-refractivity contribution >= 4 is 50.3 Å². The third-order valence-electron chi connectivity index (χ3n) is 4.21. The number of nitro groups is 1. The van der Waals surface area contributed by atoms with Gasteiger partial charge in [0.05, 0.1) is 28.6 Å². The molecule has 3 rings (SSSR count). The van der Waals surface area contributed by atoms with E-state index in [1.807, 2.05) is 19.9 Å². The van der Waals surface area contributed by atoms with Crippen LogP contribution in [0, 0.1) is 10.1 Å². The van der Waals surface area contributed by atoms with Gasteiger partial charge in [-0.2, -0.15) is 9.78 Å². The molecule has 0 aliphatic carbocycles. The van der Waals surface area contributed by atoms with E-state index in [-0.39, 0.29) is 40.1 Å². The van der Waals surface area contributed by atoms with E-state index in [1.54, 1.807) is 19.1 Å². The van der Waals surface area contributed by atoms with Crippen molar-refractivity contribution in [3.63, 3.8) is 0 Å². The monoisotopic (exact) mass is 492 g/mol. The van der Waals surface area contributed by atoms with Crippen LogP contribution in [0.2, 0.25) is 5.02 Å². The Labute approximate surface area is 185 Å². The van der Waals surface area contributed by atoms with Crippen LogP contribution in [0.15, 0.2) is 44.7 Å². The molecule has 8 nitrogen and oxygen atoms in total. The van der Waals surface area contributed by atoms with Crippen molar-refractivity contribution in [1.82, 2.24) is 9.66 Å². The Kier molecular flexibility index (Phi) is 6.52. The fraction of sp³-hybridized carbons (Fsp3) is 0.250. The van der Waals surface area contributed by atoms with Crippen LogP contribution < -0.4 is 10.3 Å². The Balaban J connectivity index is 2.23. The lowest BCUT2D eigenvalue weighted by Gasteiger charge is -2.12. The summed E-state index contributed by atoms with van der Waals surface area (Å²) in [6, 6.07) is 7.95. The lowest BCUT2D eigenvalue weighted by molar-refractivity contribution is -0.385. The second-order valence-electron chi connectivity index (χ2n) is 6.68. The highest BCUT2D eigenvalue weighted by Gasteiger charge is 2.21. The molecule has 0 saturated carbocycles. The summed E-state index contributed by atoms with van der Waals surface area (Å²) in [4.78, 5) is 28.5. The van der Waals surface area contributed by atoms with Crippen LogP contribution in [0.5, 0.6) is 5.75 Å². The van der Waals surface area contributed by atoms with E-state index in [0.29, 0.717) is 16.7 Å². The van der Waals surface area contributed by atoms with Crippen LogP contribution in [0.3, 0.4) is 0 Å². The molecule has 0 amide bonds. The largest absolute Gasteiger partial charge is 0.487 e. The zero-order chi connectivity index (χ0) is 22.0. The fourth-order valence-corrected chi connectivity index (χ4v) is 3.49. The van der Waals surface area contributed by atoms with E-state index in [0.717, 1.165) is 4.47 Å². The molecule has 0 aliphatic rings. The number of fused-ring (bicyclic) bond motifs is 1. The van der Waals surface area contributed by atoms with Gasteiger partial charge >= 0.3 is 5.69 Å². The first kappa shape index (κ1) is 21.9. The number of hydrogen-bond acceptors (Lipinski definition) is 6. The summed E-state index contributed by atoms with van der Waals surface area (Å²) in [5, 5.41) is 16.3. The van der Waals surface area contributed by atoms with Crippen molar-refractivity contribution in [2.75, 3.05) is 6.61 Å². The molecule has 0 radical (unpaired) electrons. The van der Waals surface area contributed by atoms with E-state index in [2.05, 4.69) is 26.0 Å².